The molecule has 1 aliphatic heterocycles. The number of nitriles is 1. The van der Waals surface area contributed by atoms with Crippen molar-refractivity contribution in [3.05, 3.63) is 29.3 Å². The average molecular weight is 260 g/mol. The molecule has 1 atom stereocenters. The van der Waals surface area contributed by atoms with Crippen LogP contribution in [0.2, 0.25) is 0 Å². The van der Waals surface area contributed by atoms with Gasteiger partial charge in [-0.1, -0.05) is 0 Å². The molecule has 0 spiro atoms. The second-order valence-corrected chi connectivity index (χ2v) is 5.21. The van der Waals surface area contributed by atoms with Crippen molar-refractivity contribution in [2.75, 3.05) is 20.3 Å². The van der Waals surface area contributed by atoms with Gasteiger partial charge >= 0.3 is 0 Å². The monoisotopic (exact) mass is 260 g/mol. The van der Waals surface area contributed by atoms with Gasteiger partial charge in [0.2, 0.25) is 0 Å². The highest BCUT2D eigenvalue weighted by Gasteiger charge is 2.27. The summed E-state index contributed by atoms with van der Waals surface area (Å²) in [5.74, 6) is 0.812. The van der Waals surface area contributed by atoms with Gasteiger partial charge in [-0.15, -0.1) is 0 Å². The number of rotatable bonds is 4. The highest BCUT2D eigenvalue weighted by atomic mass is 16.5. The number of nitrogens with one attached hydrogen (secondary N) is 1. The summed E-state index contributed by atoms with van der Waals surface area (Å²) in [6, 6.07) is 7.65. The van der Waals surface area contributed by atoms with E-state index in [1.165, 1.54) is 0 Å². The van der Waals surface area contributed by atoms with Crippen LogP contribution in [0, 0.1) is 11.3 Å². The van der Waals surface area contributed by atoms with Gasteiger partial charge in [0.05, 0.1) is 25.3 Å². The van der Waals surface area contributed by atoms with Crippen molar-refractivity contribution in [1.29, 1.82) is 5.26 Å². The summed E-state index contributed by atoms with van der Waals surface area (Å²) in [6.45, 7) is 4.43. The molecule has 1 saturated heterocycles. The van der Waals surface area contributed by atoms with Crippen LogP contribution in [0.15, 0.2) is 18.2 Å². The molecule has 1 aromatic carbocycles. The smallest absolute Gasteiger partial charge is 0.123 e. The fraction of sp³-hybridized carbons (Fsp3) is 0.533. The van der Waals surface area contributed by atoms with Gasteiger partial charge in [0.25, 0.3) is 0 Å². The lowest BCUT2D eigenvalue weighted by atomic mass is 9.94. The van der Waals surface area contributed by atoms with E-state index in [2.05, 4.69) is 18.3 Å². The van der Waals surface area contributed by atoms with Crippen LogP contribution in [0.1, 0.15) is 30.9 Å². The van der Waals surface area contributed by atoms with Gasteiger partial charge < -0.3 is 14.8 Å². The van der Waals surface area contributed by atoms with E-state index in [-0.39, 0.29) is 5.54 Å². The SMILES string of the molecule is COc1ccc(C#N)cc1CNC1(C)CCCOC1. The molecule has 1 fully saturated rings. The first-order valence-corrected chi connectivity index (χ1v) is 6.57. The van der Waals surface area contributed by atoms with Crippen LogP contribution in [0.3, 0.4) is 0 Å². The molecule has 4 heteroatoms. The maximum Gasteiger partial charge on any atom is 0.123 e. The number of methoxy groups -OCH3 is 1. The Bertz CT molecular complexity index is 474. The molecular weight excluding hydrogens is 240 g/mol. The Kier molecular flexibility index (Phi) is 4.41. The largest absolute Gasteiger partial charge is 0.496 e. The number of hydrogen-bond donors (Lipinski definition) is 1. The predicted molar refractivity (Wildman–Crippen MR) is 73.0 cm³/mol. The second-order valence-electron chi connectivity index (χ2n) is 5.21. The lowest BCUT2D eigenvalue weighted by Crippen LogP contribution is -2.48. The molecule has 0 saturated carbocycles. The third kappa shape index (κ3) is 3.46. The van der Waals surface area contributed by atoms with Crippen LogP contribution in [0.25, 0.3) is 0 Å². The first kappa shape index (κ1) is 13.9. The summed E-state index contributed by atoms with van der Waals surface area (Å²) in [5.41, 5.74) is 1.67. The highest BCUT2D eigenvalue weighted by Crippen LogP contribution is 2.23. The Morgan fingerprint density at radius 3 is 3.00 bits per heavy atom. The molecule has 1 unspecified atom stereocenters. The Morgan fingerprint density at radius 2 is 2.37 bits per heavy atom. The zero-order valence-electron chi connectivity index (χ0n) is 11.5. The minimum Gasteiger partial charge on any atom is -0.496 e. The van der Waals surface area contributed by atoms with Gasteiger partial charge in [0.15, 0.2) is 0 Å². The van der Waals surface area contributed by atoms with Crippen molar-refractivity contribution >= 4 is 0 Å². The predicted octanol–water partition coefficient (Wildman–Crippen LogP) is 2.23. The third-order valence-electron chi connectivity index (χ3n) is 3.55. The van der Waals surface area contributed by atoms with E-state index < -0.39 is 0 Å². The van der Waals surface area contributed by atoms with Gasteiger partial charge in [-0.25, -0.2) is 0 Å². The fourth-order valence-electron chi connectivity index (χ4n) is 2.37. The van der Waals surface area contributed by atoms with Crippen LogP contribution < -0.4 is 10.1 Å². The molecule has 0 aromatic heterocycles. The zero-order valence-corrected chi connectivity index (χ0v) is 11.5. The summed E-state index contributed by atoms with van der Waals surface area (Å²) < 4.78 is 10.9. The number of ether oxygens (including phenoxy) is 2. The van der Waals surface area contributed by atoms with Gasteiger partial charge in [-0.05, 0) is 38.0 Å². The highest BCUT2D eigenvalue weighted by molar-refractivity contribution is 5.42. The van der Waals surface area contributed by atoms with Gasteiger partial charge in [0.1, 0.15) is 5.75 Å². The van der Waals surface area contributed by atoms with Crippen molar-refractivity contribution in [1.82, 2.24) is 5.32 Å². The molecule has 1 aliphatic rings. The zero-order chi connectivity index (χ0) is 13.7. The quantitative estimate of drug-likeness (QED) is 0.902. The van der Waals surface area contributed by atoms with Crippen molar-refractivity contribution in [3.8, 4) is 11.8 Å². The summed E-state index contributed by atoms with van der Waals surface area (Å²) in [6.07, 6.45) is 2.19. The second kappa shape index (κ2) is 6.05. The Morgan fingerprint density at radius 1 is 1.53 bits per heavy atom. The molecule has 2 rings (SSSR count). The molecule has 1 aromatic rings. The summed E-state index contributed by atoms with van der Waals surface area (Å²) >= 11 is 0. The lowest BCUT2D eigenvalue weighted by Gasteiger charge is -2.34. The number of nitrogens with zero attached hydrogens (tertiary/aromatic N) is 1. The fourth-order valence-corrected chi connectivity index (χ4v) is 2.37. The molecule has 1 heterocycles. The topological polar surface area (TPSA) is 54.3 Å². The average Bonchev–Trinajstić information content (AvgIpc) is 2.45. The van der Waals surface area contributed by atoms with Gasteiger partial charge in [0, 0.05) is 24.3 Å². The molecule has 1 N–H and O–H groups in total. The van der Waals surface area contributed by atoms with Crippen LogP contribution in [0.4, 0.5) is 0 Å². The molecular formula is C15H20N2O2. The van der Waals surface area contributed by atoms with Crippen molar-refractivity contribution in [2.45, 2.75) is 31.8 Å². The maximum absolute atomic E-state index is 8.96. The van der Waals surface area contributed by atoms with E-state index in [9.17, 15) is 0 Å². The molecule has 19 heavy (non-hydrogen) atoms. The summed E-state index contributed by atoms with van der Waals surface area (Å²) in [5, 5.41) is 12.5. The summed E-state index contributed by atoms with van der Waals surface area (Å²) in [7, 11) is 1.65. The van der Waals surface area contributed by atoms with Crippen molar-refractivity contribution < 1.29 is 9.47 Å². The molecule has 0 radical (unpaired) electrons. The molecule has 4 nitrogen and oxygen atoms in total. The third-order valence-corrected chi connectivity index (χ3v) is 3.55. The van der Waals surface area contributed by atoms with E-state index in [4.69, 9.17) is 14.7 Å². The Balaban J connectivity index is 2.07. The molecule has 0 aliphatic carbocycles. The van der Waals surface area contributed by atoms with E-state index in [0.29, 0.717) is 12.1 Å². The first-order chi connectivity index (χ1) is 9.17. The van der Waals surface area contributed by atoms with E-state index in [0.717, 1.165) is 37.4 Å². The van der Waals surface area contributed by atoms with Crippen molar-refractivity contribution in [2.24, 2.45) is 0 Å². The lowest BCUT2D eigenvalue weighted by molar-refractivity contribution is 0.0277. The first-order valence-electron chi connectivity index (χ1n) is 6.57. The van der Waals surface area contributed by atoms with E-state index >= 15 is 0 Å². The van der Waals surface area contributed by atoms with E-state index in [1.54, 1.807) is 13.2 Å². The van der Waals surface area contributed by atoms with Crippen LogP contribution in [-0.2, 0) is 11.3 Å². The van der Waals surface area contributed by atoms with Crippen LogP contribution >= 0.6 is 0 Å². The molecule has 102 valence electrons. The molecule has 0 amide bonds. The minimum atomic E-state index is 0.00586. The Labute approximate surface area is 114 Å². The van der Waals surface area contributed by atoms with Crippen LogP contribution in [-0.4, -0.2) is 25.9 Å². The number of hydrogen-bond acceptors (Lipinski definition) is 4. The normalized spacial score (nSPS) is 22.8. The van der Waals surface area contributed by atoms with Gasteiger partial charge in [-0.2, -0.15) is 5.26 Å². The molecule has 0 bridgehead atoms. The summed E-state index contributed by atoms with van der Waals surface area (Å²) in [4.78, 5) is 0. The number of benzene rings is 1. The van der Waals surface area contributed by atoms with Gasteiger partial charge in [-0.3, -0.25) is 0 Å². The maximum atomic E-state index is 8.96. The Hall–Kier alpha value is -1.57. The van der Waals surface area contributed by atoms with Crippen molar-refractivity contribution in [3.63, 3.8) is 0 Å². The minimum absolute atomic E-state index is 0.00586. The van der Waals surface area contributed by atoms with E-state index in [1.807, 2.05) is 12.1 Å². The standard InChI is InChI=1S/C15H20N2O2/c1-15(6-3-7-19-11-15)17-10-13-8-12(9-16)4-5-14(13)18-2/h4-5,8,17H,3,6-7,10-11H2,1-2H3. The van der Waals surface area contributed by atoms with Crippen LogP contribution in [0.5, 0.6) is 5.75 Å².